The molecule has 3 aliphatic heterocycles. The lowest BCUT2D eigenvalue weighted by Gasteiger charge is -2.37. The first kappa shape index (κ1) is 29.3. The first-order valence-electron chi connectivity index (χ1n) is 15.0. The van der Waals surface area contributed by atoms with Gasteiger partial charge in [-0.3, -0.25) is 19.8 Å². The molecule has 43 heavy (non-hydrogen) atoms. The van der Waals surface area contributed by atoms with Gasteiger partial charge in [0.1, 0.15) is 11.5 Å². The molecule has 0 radical (unpaired) electrons. The maximum Gasteiger partial charge on any atom is 0.234 e. The number of nitrogens with zero attached hydrogens (tertiary/aromatic N) is 5. The molecule has 3 aliphatic rings. The molecular formula is C32H39ClN8O2. The number of hydrogen-bond donors (Lipinski definition) is 3. The van der Waals surface area contributed by atoms with Crippen LogP contribution in [0.4, 0.5) is 17.3 Å². The number of rotatable bonds is 6. The van der Waals surface area contributed by atoms with Crippen molar-refractivity contribution in [2.24, 2.45) is 5.73 Å². The van der Waals surface area contributed by atoms with E-state index in [-0.39, 0.29) is 23.3 Å². The number of carbonyl (C=O) groups is 2. The van der Waals surface area contributed by atoms with Crippen LogP contribution in [-0.2, 0) is 16.1 Å². The molecule has 1 aromatic heterocycles. The van der Waals surface area contributed by atoms with Crippen molar-refractivity contribution in [3.05, 3.63) is 64.8 Å². The standard InChI is InChI=1S/C32H39ClN8O2/c1-32(35)11-13-41(14-12-32)26-19-36-29(30(34)37-26)24-7-4-8-25(28(24)33)40-17-15-39(16-18-40)20-21-5-2-3-6-22(21)23-9-10-27(42)38-31(23)43/h2-8,19,23H,9-18,20,35H2,1H3,(H2,34,37)(H,38,42,43). The summed E-state index contributed by atoms with van der Waals surface area (Å²) in [5.41, 5.74) is 17.0. The maximum absolute atomic E-state index is 12.6. The van der Waals surface area contributed by atoms with E-state index in [1.807, 2.05) is 36.4 Å². The van der Waals surface area contributed by atoms with Crippen LogP contribution < -0.4 is 26.6 Å². The Balaban J connectivity index is 1.12. The van der Waals surface area contributed by atoms with E-state index in [9.17, 15) is 9.59 Å². The number of amides is 2. The Bertz CT molecular complexity index is 1510. The van der Waals surface area contributed by atoms with Crippen molar-refractivity contribution in [3.8, 4) is 11.3 Å². The van der Waals surface area contributed by atoms with Gasteiger partial charge in [-0.05, 0) is 43.4 Å². The molecule has 0 saturated carbocycles. The minimum absolute atomic E-state index is 0.144. The van der Waals surface area contributed by atoms with Crippen LogP contribution in [0.25, 0.3) is 11.3 Å². The topological polar surface area (TPSA) is 134 Å². The summed E-state index contributed by atoms with van der Waals surface area (Å²) in [5.74, 6) is 0.440. The third-order valence-corrected chi connectivity index (χ3v) is 9.42. The van der Waals surface area contributed by atoms with Gasteiger partial charge in [0.25, 0.3) is 0 Å². The van der Waals surface area contributed by atoms with E-state index in [1.54, 1.807) is 6.20 Å². The highest BCUT2D eigenvalue weighted by atomic mass is 35.5. The number of imide groups is 1. The monoisotopic (exact) mass is 602 g/mol. The number of nitrogen functional groups attached to an aromatic ring is 1. The SMILES string of the molecule is CC1(N)CCN(c2cnc(-c3cccc(N4CCN(Cc5ccccc5C5CCC(=O)NC5=O)CC4)c3Cl)c(N)n2)CC1. The molecule has 2 amide bonds. The van der Waals surface area contributed by atoms with Gasteiger partial charge in [0, 0.05) is 63.3 Å². The molecule has 3 fully saturated rings. The fraction of sp³-hybridized carbons (Fsp3) is 0.438. The van der Waals surface area contributed by atoms with E-state index in [2.05, 4.69) is 38.0 Å². The molecule has 0 spiro atoms. The Kier molecular flexibility index (Phi) is 8.26. The van der Waals surface area contributed by atoms with Gasteiger partial charge >= 0.3 is 0 Å². The number of aromatic nitrogens is 2. The number of piperidine rings is 2. The lowest BCUT2D eigenvalue weighted by molar-refractivity contribution is -0.134. The van der Waals surface area contributed by atoms with Crippen molar-refractivity contribution in [3.63, 3.8) is 0 Å². The summed E-state index contributed by atoms with van der Waals surface area (Å²) in [4.78, 5) is 40.5. The quantitative estimate of drug-likeness (QED) is 0.362. The summed E-state index contributed by atoms with van der Waals surface area (Å²) in [5, 5.41) is 3.11. The molecule has 6 rings (SSSR count). The third kappa shape index (κ3) is 6.32. The largest absolute Gasteiger partial charge is 0.382 e. The predicted molar refractivity (Wildman–Crippen MR) is 170 cm³/mol. The van der Waals surface area contributed by atoms with Crippen LogP contribution in [0.3, 0.4) is 0 Å². The van der Waals surface area contributed by atoms with Gasteiger partial charge < -0.3 is 21.3 Å². The molecule has 3 aromatic rings. The first-order valence-corrected chi connectivity index (χ1v) is 15.4. The van der Waals surface area contributed by atoms with E-state index in [0.29, 0.717) is 29.4 Å². The van der Waals surface area contributed by atoms with Gasteiger partial charge in [0.2, 0.25) is 11.8 Å². The zero-order valence-corrected chi connectivity index (χ0v) is 25.3. The van der Waals surface area contributed by atoms with Gasteiger partial charge in [-0.2, -0.15) is 0 Å². The predicted octanol–water partition coefficient (Wildman–Crippen LogP) is 3.54. The molecular weight excluding hydrogens is 564 g/mol. The molecule has 5 N–H and O–H groups in total. The maximum atomic E-state index is 12.6. The van der Waals surface area contributed by atoms with E-state index in [4.69, 9.17) is 28.1 Å². The number of anilines is 3. The molecule has 1 atom stereocenters. The van der Waals surface area contributed by atoms with Gasteiger partial charge in [-0.25, -0.2) is 9.97 Å². The Morgan fingerprint density at radius 3 is 2.47 bits per heavy atom. The van der Waals surface area contributed by atoms with Crippen LogP contribution in [0.15, 0.2) is 48.7 Å². The van der Waals surface area contributed by atoms with Crippen LogP contribution >= 0.6 is 11.6 Å². The Hall–Kier alpha value is -3.73. The van der Waals surface area contributed by atoms with Crippen molar-refractivity contribution < 1.29 is 9.59 Å². The second-order valence-electron chi connectivity index (χ2n) is 12.2. The number of benzene rings is 2. The zero-order valence-electron chi connectivity index (χ0n) is 24.6. The second kappa shape index (κ2) is 12.1. The Morgan fingerprint density at radius 2 is 1.74 bits per heavy atom. The molecule has 0 bridgehead atoms. The lowest BCUT2D eigenvalue weighted by atomic mass is 9.87. The van der Waals surface area contributed by atoms with Crippen LogP contribution in [0.1, 0.15) is 49.7 Å². The van der Waals surface area contributed by atoms with Gasteiger partial charge in [0.15, 0.2) is 5.82 Å². The average Bonchev–Trinajstić information content (AvgIpc) is 2.99. The summed E-state index contributed by atoms with van der Waals surface area (Å²) >= 11 is 7.00. The number of nitrogens with two attached hydrogens (primary N) is 2. The lowest BCUT2D eigenvalue weighted by Crippen LogP contribution is -2.48. The summed E-state index contributed by atoms with van der Waals surface area (Å²) in [6.45, 7) is 7.78. The second-order valence-corrected chi connectivity index (χ2v) is 12.6. The highest BCUT2D eigenvalue weighted by Gasteiger charge is 2.31. The van der Waals surface area contributed by atoms with Gasteiger partial charge in [0.05, 0.1) is 22.8 Å². The minimum Gasteiger partial charge on any atom is -0.382 e. The Morgan fingerprint density at radius 1 is 1.00 bits per heavy atom. The molecule has 0 aliphatic carbocycles. The summed E-state index contributed by atoms with van der Waals surface area (Å²) in [6, 6.07) is 14.0. The highest BCUT2D eigenvalue weighted by Crippen LogP contribution is 2.38. The number of halogens is 1. The summed E-state index contributed by atoms with van der Waals surface area (Å²) < 4.78 is 0. The Labute approximate surface area is 257 Å². The van der Waals surface area contributed by atoms with Crippen LogP contribution in [0, 0.1) is 0 Å². The van der Waals surface area contributed by atoms with Crippen LogP contribution in [0.5, 0.6) is 0 Å². The van der Waals surface area contributed by atoms with E-state index >= 15 is 0 Å². The van der Waals surface area contributed by atoms with Crippen molar-refractivity contribution >= 4 is 40.7 Å². The van der Waals surface area contributed by atoms with Gasteiger partial charge in [-0.15, -0.1) is 0 Å². The van der Waals surface area contributed by atoms with Gasteiger partial charge in [-0.1, -0.05) is 48.0 Å². The van der Waals surface area contributed by atoms with Crippen LogP contribution in [-0.4, -0.2) is 71.5 Å². The summed E-state index contributed by atoms with van der Waals surface area (Å²) in [6.07, 6.45) is 4.48. The van der Waals surface area contributed by atoms with Crippen molar-refractivity contribution in [1.29, 1.82) is 0 Å². The summed E-state index contributed by atoms with van der Waals surface area (Å²) in [7, 11) is 0. The minimum atomic E-state index is -0.289. The zero-order chi connectivity index (χ0) is 30.1. The molecule has 226 valence electrons. The normalized spacial score (nSPS) is 21.1. The third-order valence-electron chi connectivity index (χ3n) is 9.03. The van der Waals surface area contributed by atoms with Crippen molar-refractivity contribution in [1.82, 2.24) is 20.2 Å². The number of piperazine rings is 1. The molecule has 10 nitrogen and oxygen atoms in total. The van der Waals surface area contributed by atoms with E-state index in [1.165, 1.54) is 0 Å². The fourth-order valence-corrected chi connectivity index (χ4v) is 6.68. The molecule has 1 unspecified atom stereocenters. The molecule has 3 saturated heterocycles. The van der Waals surface area contributed by atoms with Crippen LogP contribution in [0.2, 0.25) is 5.02 Å². The average molecular weight is 603 g/mol. The van der Waals surface area contributed by atoms with Crippen molar-refractivity contribution in [2.45, 2.75) is 50.6 Å². The van der Waals surface area contributed by atoms with E-state index < -0.39 is 0 Å². The number of hydrogen-bond acceptors (Lipinski definition) is 9. The molecule has 11 heteroatoms. The van der Waals surface area contributed by atoms with Crippen molar-refractivity contribution in [2.75, 3.05) is 54.8 Å². The molecule has 4 heterocycles. The van der Waals surface area contributed by atoms with E-state index in [0.717, 1.165) is 86.9 Å². The molecule has 2 aromatic carbocycles. The highest BCUT2D eigenvalue weighted by molar-refractivity contribution is 6.36. The number of carbonyl (C=O) groups excluding carboxylic acids is 2. The number of nitrogens with one attached hydrogen (secondary N) is 1. The first-order chi connectivity index (χ1) is 20.7. The smallest absolute Gasteiger partial charge is 0.234 e. The fourth-order valence-electron chi connectivity index (χ4n) is 6.34.